The van der Waals surface area contributed by atoms with Crippen molar-refractivity contribution < 1.29 is 14.2 Å². The smallest absolute Gasteiger partial charge is 0.126 e. The summed E-state index contributed by atoms with van der Waals surface area (Å²) >= 11 is 0. The van der Waals surface area contributed by atoms with E-state index < -0.39 is 0 Å². The molecule has 3 aromatic carbocycles. The Morgan fingerprint density at radius 3 is 2.08 bits per heavy atom. The fourth-order valence-electron chi connectivity index (χ4n) is 2.73. The summed E-state index contributed by atoms with van der Waals surface area (Å²) < 4.78 is 16.2. The maximum absolute atomic E-state index is 5.53. The summed E-state index contributed by atoms with van der Waals surface area (Å²) in [6.45, 7) is 0. The van der Waals surface area contributed by atoms with E-state index in [0.29, 0.717) is 0 Å². The number of benzene rings is 3. The molecule has 3 heteroatoms. The minimum absolute atomic E-state index is 0.763. The van der Waals surface area contributed by atoms with E-state index in [2.05, 4.69) is 24.3 Å². The molecule has 3 aromatic rings. The van der Waals surface area contributed by atoms with Crippen LogP contribution in [0.15, 0.2) is 54.6 Å². The monoisotopic (exact) mass is 320 g/mol. The molecule has 0 aliphatic heterocycles. The first kappa shape index (κ1) is 15.9. The Kier molecular flexibility index (Phi) is 4.71. The second kappa shape index (κ2) is 7.09. The number of methoxy groups -OCH3 is 3. The summed E-state index contributed by atoms with van der Waals surface area (Å²) in [6.07, 6.45) is 4.10. The highest BCUT2D eigenvalue weighted by atomic mass is 16.5. The lowest BCUT2D eigenvalue weighted by molar-refractivity contribution is 0.394. The van der Waals surface area contributed by atoms with Gasteiger partial charge in [-0.15, -0.1) is 0 Å². The standard InChI is InChI=1S/C21H20O3/c1-22-17-12-15(13-18(14-17)23-2)8-10-20-19-7-5-4-6-16(19)9-11-21(20)24-3/h4-14H,1-3H3/b10-8+. The Hall–Kier alpha value is -2.94. The van der Waals surface area contributed by atoms with Gasteiger partial charge >= 0.3 is 0 Å². The molecular formula is C21H20O3. The molecule has 0 heterocycles. The van der Waals surface area contributed by atoms with Gasteiger partial charge in [0.1, 0.15) is 17.2 Å². The molecule has 0 fully saturated rings. The summed E-state index contributed by atoms with van der Waals surface area (Å²) in [4.78, 5) is 0. The van der Waals surface area contributed by atoms with Gasteiger partial charge in [-0.1, -0.05) is 42.5 Å². The van der Waals surface area contributed by atoms with E-state index in [-0.39, 0.29) is 0 Å². The highest BCUT2D eigenvalue weighted by Gasteiger charge is 2.06. The van der Waals surface area contributed by atoms with Crippen LogP contribution in [-0.4, -0.2) is 21.3 Å². The van der Waals surface area contributed by atoms with Gasteiger partial charge in [0.25, 0.3) is 0 Å². The fraction of sp³-hybridized carbons (Fsp3) is 0.143. The topological polar surface area (TPSA) is 27.7 Å². The van der Waals surface area contributed by atoms with Gasteiger partial charge in [-0.3, -0.25) is 0 Å². The zero-order valence-electron chi connectivity index (χ0n) is 14.1. The van der Waals surface area contributed by atoms with Crippen molar-refractivity contribution in [2.45, 2.75) is 0 Å². The van der Waals surface area contributed by atoms with Crippen LogP contribution >= 0.6 is 0 Å². The normalized spacial score (nSPS) is 11.0. The van der Waals surface area contributed by atoms with Gasteiger partial charge in [0.15, 0.2) is 0 Å². The highest BCUT2D eigenvalue weighted by molar-refractivity contribution is 5.95. The van der Waals surface area contributed by atoms with Crippen LogP contribution in [0, 0.1) is 0 Å². The third-order valence-electron chi connectivity index (χ3n) is 3.97. The van der Waals surface area contributed by atoms with Crippen LogP contribution in [0.2, 0.25) is 0 Å². The van der Waals surface area contributed by atoms with E-state index >= 15 is 0 Å². The maximum atomic E-state index is 5.53. The van der Waals surface area contributed by atoms with Crippen LogP contribution in [0.4, 0.5) is 0 Å². The Labute approximate surface area is 142 Å². The van der Waals surface area contributed by atoms with Crippen molar-refractivity contribution in [3.05, 3.63) is 65.7 Å². The van der Waals surface area contributed by atoms with E-state index in [1.54, 1.807) is 21.3 Å². The third-order valence-corrected chi connectivity index (χ3v) is 3.97. The number of hydrogen-bond acceptors (Lipinski definition) is 3. The van der Waals surface area contributed by atoms with Gasteiger partial charge in [0.05, 0.1) is 21.3 Å². The molecule has 0 saturated carbocycles. The van der Waals surface area contributed by atoms with Crippen molar-refractivity contribution in [3.8, 4) is 17.2 Å². The van der Waals surface area contributed by atoms with Crippen LogP contribution in [0.25, 0.3) is 22.9 Å². The summed E-state index contributed by atoms with van der Waals surface area (Å²) in [5.74, 6) is 2.37. The average Bonchev–Trinajstić information content (AvgIpc) is 2.65. The molecule has 24 heavy (non-hydrogen) atoms. The molecule has 122 valence electrons. The first-order valence-electron chi connectivity index (χ1n) is 7.72. The van der Waals surface area contributed by atoms with Crippen molar-refractivity contribution in [1.82, 2.24) is 0 Å². The van der Waals surface area contributed by atoms with Crippen LogP contribution in [0.3, 0.4) is 0 Å². The number of hydrogen-bond donors (Lipinski definition) is 0. The zero-order chi connectivity index (χ0) is 16.9. The van der Waals surface area contributed by atoms with Crippen molar-refractivity contribution in [2.75, 3.05) is 21.3 Å². The molecule has 0 N–H and O–H groups in total. The molecule has 0 aliphatic carbocycles. The van der Waals surface area contributed by atoms with Gasteiger partial charge in [-0.25, -0.2) is 0 Å². The second-order valence-corrected chi connectivity index (χ2v) is 5.38. The van der Waals surface area contributed by atoms with Gasteiger partial charge in [-0.2, -0.15) is 0 Å². The predicted molar refractivity (Wildman–Crippen MR) is 99.0 cm³/mol. The molecule has 3 nitrogen and oxygen atoms in total. The molecule has 0 aliphatic rings. The van der Waals surface area contributed by atoms with Crippen LogP contribution in [0.5, 0.6) is 17.2 Å². The lowest BCUT2D eigenvalue weighted by Crippen LogP contribution is -1.89. The maximum Gasteiger partial charge on any atom is 0.126 e. The van der Waals surface area contributed by atoms with E-state index in [0.717, 1.165) is 33.8 Å². The van der Waals surface area contributed by atoms with Gasteiger partial charge in [0.2, 0.25) is 0 Å². The summed E-state index contributed by atoms with van der Waals surface area (Å²) in [7, 11) is 4.99. The van der Waals surface area contributed by atoms with E-state index in [4.69, 9.17) is 14.2 Å². The summed E-state index contributed by atoms with van der Waals surface area (Å²) in [6, 6.07) is 18.1. The van der Waals surface area contributed by atoms with Crippen molar-refractivity contribution in [2.24, 2.45) is 0 Å². The fourth-order valence-corrected chi connectivity index (χ4v) is 2.73. The molecule has 0 spiro atoms. The number of ether oxygens (including phenoxy) is 3. The average molecular weight is 320 g/mol. The van der Waals surface area contributed by atoms with Crippen LogP contribution < -0.4 is 14.2 Å². The SMILES string of the molecule is COc1cc(/C=C/c2c(OC)ccc3ccccc23)cc(OC)c1. The molecular weight excluding hydrogens is 300 g/mol. The molecule has 0 unspecified atom stereocenters. The summed E-state index contributed by atoms with van der Waals surface area (Å²) in [5.41, 5.74) is 2.05. The molecule has 3 rings (SSSR count). The Morgan fingerprint density at radius 2 is 1.42 bits per heavy atom. The van der Waals surface area contributed by atoms with Gasteiger partial charge < -0.3 is 14.2 Å². The molecule has 0 atom stereocenters. The molecule has 0 aromatic heterocycles. The second-order valence-electron chi connectivity index (χ2n) is 5.38. The molecule has 0 radical (unpaired) electrons. The number of fused-ring (bicyclic) bond motifs is 1. The first-order chi connectivity index (χ1) is 11.7. The minimum atomic E-state index is 0.763. The van der Waals surface area contributed by atoms with E-state index in [1.807, 2.05) is 42.5 Å². The van der Waals surface area contributed by atoms with Gasteiger partial charge in [-0.05, 0) is 34.5 Å². The van der Waals surface area contributed by atoms with Crippen molar-refractivity contribution >= 4 is 22.9 Å². The first-order valence-corrected chi connectivity index (χ1v) is 7.72. The predicted octanol–water partition coefficient (Wildman–Crippen LogP) is 5.04. The lowest BCUT2D eigenvalue weighted by atomic mass is 10.0. The molecule has 0 saturated heterocycles. The Morgan fingerprint density at radius 1 is 0.708 bits per heavy atom. The molecule has 0 bridgehead atoms. The quantitative estimate of drug-likeness (QED) is 0.617. The molecule has 0 amide bonds. The highest BCUT2D eigenvalue weighted by Crippen LogP contribution is 2.30. The third kappa shape index (κ3) is 3.20. The number of rotatable bonds is 5. The lowest BCUT2D eigenvalue weighted by Gasteiger charge is -2.09. The zero-order valence-corrected chi connectivity index (χ0v) is 14.1. The van der Waals surface area contributed by atoms with Crippen molar-refractivity contribution in [1.29, 1.82) is 0 Å². The van der Waals surface area contributed by atoms with E-state index in [9.17, 15) is 0 Å². The van der Waals surface area contributed by atoms with E-state index in [1.165, 1.54) is 5.39 Å². The van der Waals surface area contributed by atoms with Crippen molar-refractivity contribution in [3.63, 3.8) is 0 Å². The van der Waals surface area contributed by atoms with Gasteiger partial charge in [0, 0.05) is 11.6 Å². The van der Waals surface area contributed by atoms with Crippen LogP contribution in [0.1, 0.15) is 11.1 Å². The largest absolute Gasteiger partial charge is 0.497 e. The Bertz CT molecular complexity index is 859. The summed E-state index contributed by atoms with van der Waals surface area (Å²) in [5, 5.41) is 2.34. The minimum Gasteiger partial charge on any atom is -0.497 e. The Balaban J connectivity index is 2.07. The van der Waals surface area contributed by atoms with Crippen LogP contribution in [-0.2, 0) is 0 Å².